The fraction of sp³-hybridized carbons (Fsp3) is 0.615. The van der Waals surface area contributed by atoms with Gasteiger partial charge >= 0.3 is 0 Å². The van der Waals surface area contributed by atoms with Crippen LogP contribution in [-0.2, 0) is 20.8 Å². The molecule has 1 heterocycles. The molecule has 0 unspecified atom stereocenters. The van der Waals surface area contributed by atoms with Gasteiger partial charge in [0.25, 0.3) is 0 Å². The Bertz CT molecular complexity index is 415. The molecule has 1 rings (SSSR count). The number of aliphatic hydroxyl groups is 1. The van der Waals surface area contributed by atoms with Crippen LogP contribution >= 0.6 is 0 Å². The molecule has 1 aromatic heterocycles. The van der Waals surface area contributed by atoms with Gasteiger partial charge in [-0.05, 0) is 0 Å². The third kappa shape index (κ3) is 6.67. The van der Waals surface area contributed by atoms with Crippen molar-refractivity contribution in [1.82, 2.24) is 0 Å². The molecule has 0 atom stereocenters. The monoisotopic (exact) mass is 288 g/mol. The first-order chi connectivity index (χ1) is 9.77. The van der Waals surface area contributed by atoms with Gasteiger partial charge in [-0.15, -0.1) is 0 Å². The van der Waals surface area contributed by atoms with E-state index in [1.807, 2.05) is 0 Å². The van der Waals surface area contributed by atoms with Gasteiger partial charge in [-0.3, -0.25) is 4.79 Å². The molecule has 0 fully saturated rings. The van der Waals surface area contributed by atoms with E-state index in [4.69, 9.17) is 28.5 Å². The van der Waals surface area contributed by atoms with Gasteiger partial charge in [0.15, 0.2) is 0 Å². The summed E-state index contributed by atoms with van der Waals surface area (Å²) in [5.74, 6) is 0.300. The summed E-state index contributed by atoms with van der Waals surface area (Å²) in [6, 6.07) is 1.19. The molecular formula is C13H20O7. The number of hydrogen-bond donors (Lipinski definition) is 1. The van der Waals surface area contributed by atoms with Gasteiger partial charge in [-0.25, -0.2) is 0 Å². The highest BCUT2D eigenvalue weighted by Crippen LogP contribution is 2.05. The van der Waals surface area contributed by atoms with E-state index in [1.54, 1.807) is 7.11 Å². The second-order valence-corrected chi connectivity index (χ2v) is 3.80. The van der Waals surface area contributed by atoms with Crippen LogP contribution in [0.5, 0.6) is 5.75 Å². The molecule has 0 aliphatic rings. The Balaban J connectivity index is 2.08. The van der Waals surface area contributed by atoms with Crippen molar-refractivity contribution in [2.24, 2.45) is 0 Å². The van der Waals surface area contributed by atoms with Crippen molar-refractivity contribution >= 4 is 0 Å². The van der Waals surface area contributed by atoms with Crippen molar-refractivity contribution in [1.29, 1.82) is 0 Å². The third-order valence-corrected chi connectivity index (χ3v) is 2.30. The van der Waals surface area contributed by atoms with Crippen LogP contribution in [0.2, 0.25) is 0 Å². The van der Waals surface area contributed by atoms with Crippen LogP contribution in [-0.4, -0.2) is 51.9 Å². The zero-order chi connectivity index (χ0) is 14.6. The maximum atomic E-state index is 11.5. The number of methoxy groups -OCH3 is 1. The molecule has 0 aliphatic carbocycles. The fourth-order valence-electron chi connectivity index (χ4n) is 1.30. The van der Waals surface area contributed by atoms with Gasteiger partial charge in [-0.1, -0.05) is 0 Å². The second kappa shape index (κ2) is 10.4. The summed E-state index contributed by atoms with van der Waals surface area (Å²) in [6.45, 7) is 2.29. The fourth-order valence-corrected chi connectivity index (χ4v) is 1.30. The lowest BCUT2D eigenvalue weighted by Crippen LogP contribution is -2.15. The van der Waals surface area contributed by atoms with E-state index in [1.165, 1.54) is 12.3 Å². The zero-order valence-corrected chi connectivity index (χ0v) is 11.5. The standard InChI is InChI=1S/C13H20O7/c1-16-2-3-17-4-5-18-6-7-19-13-10-20-11(9-14)8-12(13)15/h8,10,14H,2-7,9H2,1H3. The smallest absolute Gasteiger partial charge is 0.227 e. The molecule has 7 heteroatoms. The van der Waals surface area contributed by atoms with Crippen LogP contribution in [0.25, 0.3) is 0 Å². The minimum Gasteiger partial charge on any atom is -0.484 e. The van der Waals surface area contributed by atoms with Crippen molar-refractivity contribution in [3.63, 3.8) is 0 Å². The van der Waals surface area contributed by atoms with Gasteiger partial charge < -0.3 is 28.5 Å². The van der Waals surface area contributed by atoms with Gasteiger partial charge in [0.2, 0.25) is 11.2 Å². The highest BCUT2D eigenvalue weighted by Gasteiger charge is 2.03. The van der Waals surface area contributed by atoms with E-state index >= 15 is 0 Å². The highest BCUT2D eigenvalue weighted by molar-refractivity contribution is 5.17. The SMILES string of the molecule is COCCOCCOCCOc1coc(CO)cc1=O. The van der Waals surface area contributed by atoms with Crippen molar-refractivity contribution in [2.45, 2.75) is 6.61 Å². The predicted octanol–water partition coefficient (Wildman–Crippen LogP) is 0.191. The van der Waals surface area contributed by atoms with Crippen LogP contribution in [0.3, 0.4) is 0 Å². The van der Waals surface area contributed by atoms with Crippen molar-refractivity contribution in [2.75, 3.05) is 46.8 Å². The summed E-state index contributed by atoms with van der Waals surface area (Å²) in [4.78, 5) is 11.5. The van der Waals surface area contributed by atoms with E-state index in [0.29, 0.717) is 33.0 Å². The summed E-state index contributed by atoms with van der Waals surface area (Å²) in [5, 5.41) is 8.79. The predicted molar refractivity (Wildman–Crippen MR) is 69.9 cm³/mol. The van der Waals surface area contributed by atoms with Crippen molar-refractivity contribution < 1.29 is 28.5 Å². The molecule has 1 aromatic rings. The minimum absolute atomic E-state index is 0.0992. The first-order valence-corrected chi connectivity index (χ1v) is 6.27. The molecule has 0 saturated heterocycles. The Morgan fingerprint density at radius 1 is 1.10 bits per heavy atom. The molecule has 114 valence electrons. The van der Waals surface area contributed by atoms with Gasteiger partial charge in [0, 0.05) is 13.2 Å². The molecule has 0 aromatic carbocycles. The molecule has 0 aliphatic heterocycles. The Morgan fingerprint density at radius 3 is 2.35 bits per heavy atom. The normalized spacial score (nSPS) is 10.7. The molecule has 0 saturated carbocycles. The lowest BCUT2D eigenvalue weighted by Gasteiger charge is -2.07. The van der Waals surface area contributed by atoms with Crippen LogP contribution in [0, 0.1) is 0 Å². The third-order valence-electron chi connectivity index (χ3n) is 2.30. The largest absolute Gasteiger partial charge is 0.484 e. The number of aliphatic hydroxyl groups excluding tert-OH is 1. The summed E-state index contributed by atoms with van der Waals surface area (Å²) in [5.41, 5.74) is -0.330. The van der Waals surface area contributed by atoms with E-state index in [2.05, 4.69) is 0 Å². The highest BCUT2D eigenvalue weighted by atomic mass is 16.6. The molecule has 0 bridgehead atoms. The number of rotatable bonds is 11. The average molecular weight is 288 g/mol. The first kappa shape index (κ1) is 16.6. The topological polar surface area (TPSA) is 87.4 Å². The molecule has 0 radical (unpaired) electrons. The molecule has 20 heavy (non-hydrogen) atoms. The van der Waals surface area contributed by atoms with Crippen LogP contribution in [0.1, 0.15) is 5.76 Å². The lowest BCUT2D eigenvalue weighted by atomic mass is 10.4. The Kier molecular flexibility index (Phi) is 8.64. The van der Waals surface area contributed by atoms with E-state index < -0.39 is 0 Å². The van der Waals surface area contributed by atoms with E-state index in [0.717, 1.165) is 0 Å². The van der Waals surface area contributed by atoms with Crippen LogP contribution < -0.4 is 10.2 Å². The van der Waals surface area contributed by atoms with Gasteiger partial charge in [0.1, 0.15) is 25.2 Å². The molecule has 1 N–H and O–H groups in total. The molecular weight excluding hydrogens is 268 g/mol. The Hall–Kier alpha value is -1.41. The summed E-state index contributed by atoms with van der Waals surface area (Å²) in [6.07, 6.45) is 1.18. The summed E-state index contributed by atoms with van der Waals surface area (Å²) < 4.78 is 25.5. The Morgan fingerprint density at radius 2 is 1.75 bits per heavy atom. The van der Waals surface area contributed by atoms with E-state index in [9.17, 15) is 4.79 Å². The Labute approximate surface area is 117 Å². The number of ether oxygens (including phenoxy) is 4. The lowest BCUT2D eigenvalue weighted by molar-refractivity contribution is 0.0177. The first-order valence-electron chi connectivity index (χ1n) is 6.27. The van der Waals surface area contributed by atoms with Gasteiger partial charge in [0.05, 0.1) is 33.0 Å². The zero-order valence-electron chi connectivity index (χ0n) is 11.5. The summed E-state index contributed by atoms with van der Waals surface area (Å²) >= 11 is 0. The molecule has 0 spiro atoms. The quantitative estimate of drug-likeness (QED) is 0.581. The van der Waals surface area contributed by atoms with Crippen molar-refractivity contribution in [3.8, 4) is 5.75 Å². The van der Waals surface area contributed by atoms with E-state index in [-0.39, 0.29) is 30.2 Å². The molecule has 0 amide bonds. The van der Waals surface area contributed by atoms with Gasteiger partial charge in [-0.2, -0.15) is 0 Å². The maximum Gasteiger partial charge on any atom is 0.227 e. The average Bonchev–Trinajstić information content (AvgIpc) is 2.47. The van der Waals surface area contributed by atoms with Crippen molar-refractivity contribution in [3.05, 3.63) is 28.3 Å². The maximum absolute atomic E-state index is 11.5. The van der Waals surface area contributed by atoms with Crippen LogP contribution in [0.15, 0.2) is 21.5 Å². The number of hydrogen-bond acceptors (Lipinski definition) is 7. The summed E-state index contributed by atoms with van der Waals surface area (Å²) in [7, 11) is 1.61. The second-order valence-electron chi connectivity index (χ2n) is 3.80. The molecule has 7 nitrogen and oxygen atoms in total. The minimum atomic E-state index is -0.330. The van der Waals surface area contributed by atoms with Crippen LogP contribution in [0.4, 0.5) is 0 Å².